The van der Waals surface area contributed by atoms with Gasteiger partial charge in [0, 0.05) is 116 Å². The van der Waals surface area contributed by atoms with E-state index in [0.717, 1.165) is 0 Å². The summed E-state index contributed by atoms with van der Waals surface area (Å²) in [4.78, 5) is 53.2. The number of pyridine rings is 3. The molecular formula is C52H79Ir3N15O6-6. The van der Waals surface area contributed by atoms with Crippen molar-refractivity contribution in [3.8, 4) is 0 Å². The summed E-state index contributed by atoms with van der Waals surface area (Å²) < 4.78 is 0. The average Bonchev–Trinajstić information content (AvgIpc) is 4.25. The Hall–Kier alpha value is -6.15. The number of carboxylic acid groups (broad SMARTS) is 3. The number of hydrazine groups is 3. The van der Waals surface area contributed by atoms with Crippen LogP contribution >= 0.6 is 0 Å². The van der Waals surface area contributed by atoms with Gasteiger partial charge in [0.25, 0.3) is 0 Å². The summed E-state index contributed by atoms with van der Waals surface area (Å²) in [6.07, 6.45) is 32.1. The zero-order valence-electron chi connectivity index (χ0n) is 44.7. The molecule has 76 heavy (non-hydrogen) atoms. The van der Waals surface area contributed by atoms with Crippen LogP contribution < -0.4 is 0 Å². The molecule has 3 radical (unpaired) electrons. The normalized spacial score (nSPS) is 14.2. The Bertz CT molecular complexity index is 1820. The fraction of sp³-hybridized carbons (Fsp3) is 0.308. The van der Waals surface area contributed by atoms with Crippen molar-refractivity contribution in [2.45, 2.75) is 68.2 Å². The summed E-state index contributed by atoms with van der Waals surface area (Å²) in [5.74, 6) is -2.97. The Morgan fingerprint density at radius 1 is 0.355 bits per heavy atom. The number of hydrogen-bond acceptors (Lipinski definition) is 18. The number of aromatic carboxylic acids is 3. The monoisotopic (exact) mass is 1590 g/mol. The van der Waals surface area contributed by atoms with E-state index in [4.69, 9.17) is 15.3 Å². The first-order valence-corrected chi connectivity index (χ1v) is 23.1. The molecule has 9 heterocycles. The molecule has 3 aromatic heterocycles. The molecule has 0 saturated carbocycles. The molecule has 0 bridgehead atoms. The SMILES string of the molecule is C.CCC.CCC.CCC.CN1C=CN(N2C=CN(C)[CH-]2)[CH-]1.CN1C=CN(N2C=CN(C)[CH-]2)[CH-]1.CN1C=CN(N2C=CN(C)[CH-]2)[CH-]1.O=C(O)c1ccccn1.O=C(O)c1ccccn1.O=C(O)c1ccccn1.[Ir].[Ir].[Ir]. The van der Waals surface area contributed by atoms with E-state index in [-0.39, 0.29) is 84.8 Å². The van der Waals surface area contributed by atoms with E-state index < -0.39 is 17.9 Å². The van der Waals surface area contributed by atoms with Crippen molar-refractivity contribution in [2.24, 2.45) is 0 Å². The molecule has 0 unspecified atom stereocenters. The van der Waals surface area contributed by atoms with Gasteiger partial charge in [-0.2, -0.15) is 0 Å². The standard InChI is InChI=1S/3C8H12N4.3C6H5NO2.3C3H8.CH4.3Ir/c3*1-9-3-5-11(7-9)12-6-4-10(2)8-12;3*8-6(9)5-3-1-2-4-7-5;3*1-3-2;;;;/h3*3-8H,1-2H3;3*1-4H,(H,8,9);3*3H2,1-2H3;1H4;;;/q3*-2;;;;;;;;;;. The number of rotatable bonds is 6. The molecule has 21 nitrogen and oxygen atoms in total. The quantitative estimate of drug-likeness (QED) is 0.198. The third kappa shape index (κ3) is 33.0. The minimum Gasteiger partial charge on any atom is -0.509 e. The summed E-state index contributed by atoms with van der Waals surface area (Å²) in [6, 6.07) is 14.3. The van der Waals surface area contributed by atoms with Gasteiger partial charge in [-0.15, -0.1) is 40.0 Å². The van der Waals surface area contributed by atoms with Crippen molar-refractivity contribution >= 4 is 17.9 Å². The van der Waals surface area contributed by atoms with Crippen molar-refractivity contribution in [1.29, 1.82) is 0 Å². The van der Waals surface area contributed by atoms with Gasteiger partial charge in [0.15, 0.2) is 0 Å². The van der Waals surface area contributed by atoms with Crippen LogP contribution in [0.25, 0.3) is 0 Å². The molecular weight excluding hydrogens is 1510 g/mol. The first kappa shape index (κ1) is 76.4. The Morgan fingerprint density at radius 3 is 0.592 bits per heavy atom. The molecule has 3 aromatic rings. The van der Waals surface area contributed by atoms with Gasteiger partial charge in [0.05, 0.1) is 0 Å². The molecule has 6 aliphatic rings. The number of nitrogens with zero attached hydrogens (tertiary/aromatic N) is 15. The molecule has 431 valence electrons. The molecule has 3 N–H and O–H groups in total. The van der Waals surface area contributed by atoms with Gasteiger partial charge < -0.3 is 74.8 Å². The van der Waals surface area contributed by atoms with Crippen LogP contribution in [0, 0.1) is 40.0 Å². The van der Waals surface area contributed by atoms with Crippen LogP contribution in [-0.2, 0) is 60.3 Å². The summed E-state index contributed by atoms with van der Waals surface area (Å²) in [5.41, 5.74) is 0.243. The second-order valence-corrected chi connectivity index (χ2v) is 15.4. The summed E-state index contributed by atoms with van der Waals surface area (Å²) in [6.45, 7) is 24.8. The molecule has 0 saturated heterocycles. The predicted octanol–water partition coefficient (Wildman–Crippen LogP) is 8.95. The molecule has 24 heteroatoms. The molecule has 0 aliphatic carbocycles. The van der Waals surface area contributed by atoms with E-state index in [1.165, 1.54) is 56.1 Å². The fourth-order valence-corrected chi connectivity index (χ4v) is 4.91. The number of aromatic nitrogens is 3. The molecule has 0 aromatic carbocycles. The maximum absolute atomic E-state index is 10.1. The maximum Gasteiger partial charge on any atom is 0.354 e. The second kappa shape index (κ2) is 45.1. The first-order chi connectivity index (χ1) is 34.4. The van der Waals surface area contributed by atoms with Crippen molar-refractivity contribution in [1.82, 2.24) is 74.4 Å². The van der Waals surface area contributed by atoms with Gasteiger partial charge in [0.1, 0.15) is 17.1 Å². The minimum absolute atomic E-state index is 0. The van der Waals surface area contributed by atoms with Gasteiger partial charge >= 0.3 is 17.9 Å². The van der Waals surface area contributed by atoms with Crippen molar-refractivity contribution < 1.29 is 90.0 Å². The first-order valence-electron chi connectivity index (χ1n) is 23.1. The molecule has 0 atom stereocenters. The molecule has 0 spiro atoms. The van der Waals surface area contributed by atoms with Crippen LogP contribution in [0.5, 0.6) is 0 Å². The Morgan fingerprint density at radius 2 is 0.513 bits per heavy atom. The smallest absolute Gasteiger partial charge is 0.354 e. The van der Waals surface area contributed by atoms with E-state index in [1.807, 2.05) is 216 Å². The van der Waals surface area contributed by atoms with E-state index in [2.05, 4.69) is 56.5 Å². The van der Waals surface area contributed by atoms with Crippen molar-refractivity contribution in [3.05, 3.63) is 205 Å². The third-order valence-electron chi connectivity index (χ3n) is 7.98. The van der Waals surface area contributed by atoms with Gasteiger partial charge in [-0.1, -0.05) is 86.4 Å². The summed E-state index contributed by atoms with van der Waals surface area (Å²) in [7, 11) is 12.0. The predicted molar refractivity (Wildman–Crippen MR) is 286 cm³/mol. The molecule has 0 amide bonds. The van der Waals surface area contributed by atoms with E-state index in [1.54, 1.807) is 36.4 Å². The van der Waals surface area contributed by atoms with E-state index >= 15 is 0 Å². The Labute approximate surface area is 494 Å². The van der Waals surface area contributed by atoms with E-state index in [0.29, 0.717) is 0 Å². The average molecular weight is 1590 g/mol. The van der Waals surface area contributed by atoms with Crippen LogP contribution in [0.3, 0.4) is 0 Å². The zero-order valence-corrected chi connectivity index (χ0v) is 51.9. The summed E-state index contributed by atoms with van der Waals surface area (Å²) in [5, 5.41) is 37.0. The van der Waals surface area contributed by atoms with Gasteiger partial charge in [-0.3, -0.25) is 0 Å². The van der Waals surface area contributed by atoms with Crippen molar-refractivity contribution in [3.63, 3.8) is 0 Å². The minimum atomic E-state index is -0.990. The Kier molecular flexibility index (Phi) is 45.3. The number of hydrogen-bond donors (Lipinski definition) is 3. The zero-order chi connectivity index (χ0) is 53.8. The van der Waals surface area contributed by atoms with Gasteiger partial charge in [0.2, 0.25) is 0 Å². The van der Waals surface area contributed by atoms with Crippen LogP contribution in [-0.4, -0.2) is 150 Å². The Balaban J connectivity index is -0.000000394. The molecule has 0 fully saturated rings. The fourth-order valence-electron chi connectivity index (χ4n) is 4.91. The van der Waals surface area contributed by atoms with Crippen LogP contribution in [0.1, 0.15) is 99.7 Å². The van der Waals surface area contributed by atoms with Crippen LogP contribution in [0.2, 0.25) is 0 Å². The van der Waals surface area contributed by atoms with Gasteiger partial charge in [-0.05, 0) is 116 Å². The van der Waals surface area contributed by atoms with Crippen molar-refractivity contribution in [2.75, 3.05) is 42.3 Å². The summed E-state index contributed by atoms with van der Waals surface area (Å²) >= 11 is 0. The molecule has 6 aliphatic heterocycles. The van der Waals surface area contributed by atoms with E-state index in [9.17, 15) is 14.4 Å². The van der Waals surface area contributed by atoms with Crippen LogP contribution in [0.15, 0.2) is 148 Å². The second-order valence-electron chi connectivity index (χ2n) is 15.4. The largest absolute Gasteiger partial charge is 0.509 e. The van der Waals surface area contributed by atoms with Crippen LogP contribution in [0.4, 0.5) is 0 Å². The number of carbonyl (C=O) groups is 3. The van der Waals surface area contributed by atoms with Gasteiger partial charge in [-0.25, -0.2) is 29.3 Å². The number of carboxylic acids is 3. The molecule has 9 rings (SSSR count). The third-order valence-corrected chi connectivity index (χ3v) is 7.98. The maximum atomic E-state index is 10.1. The topological polar surface area (TPSA) is 189 Å².